The Kier molecular flexibility index (Phi) is 22.9. The maximum absolute atomic E-state index is 13.5. The van der Waals surface area contributed by atoms with Gasteiger partial charge in [-0.25, -0.2) is 0 Å². The van der Waals surface area contributed by atoms with Crippen molar-refractivity contribution in [3.05, 3.63) is 58.7 Å². The van der Waals surface area contributed by atoms with Crippen LogP contribution in [0.25, 0.3) is 0 Å². The first-order chi connectivity index (χ1) is 34.0. The molecule has 3 unspecified atom stereocenters. The van der Waals surface area contributed by atoms with E-state index in [1.54, 1.807) is 0 Å². The summed E-state index contributed by atoms with van der Waals surface area (Å²) in [4.78, 5) is 66.5. The van der Waals surface area contributed by atoms with E-state index in [2.05, 4.69) is 40.1 Å². The predicted octanol–water partition coefficient (Wildman–Crippen LogP) is 6.47. The molecule has 5 heterocycles. The van der Waals surface area contributed by atoms with E-state index in [-0.39, 0.29) is 107 Å². The minimum absolute atomic E-state index is 0.0196. The molecule has 0 spiro atoms. The molecule has 0 aliphatic carbocycles. The van der Waals surface area contributed by atoms with Gasteiger partial charge in [-0.05, 0) is 61.3 Å². The molecular formula is C49H67F6N5O10S. The Morgan fingerprint density at radius 2 is 1.55 bits per heavy atom. The van der Waals surface area contributed by atoms with Gasteiger partial charge in [-0.1, -0.05) is 63.1 Å². The molecular weight excluding hydrogens is 965 g/mol. The third kappa shape index (κ3) is 17.7. The minimum atomic E-state index is -4.69. The predicted molar refractivity (Wildman–Crippen MR) is 252 cm³/mol. The highest BCUT2D eigenvalue weighted by Gasteiger charge is 2.61. The molecule has 0 saturated carbocycles. The fraction of sp³-hybridized carbons (Fsp3) is 0.673. The number of benzene rings is 1. The SMILES string of the molecule is CCC.O=C(CCOCOCc1ccc(C2(C(F)(F)F)C=N2)cc1)NCCCC[C@H](NC(=O)CCCC[C@@H]1SC[C@@H]2CC(=O)N[C@@H]21)C(=O)CCCOCCOCCNC(=O)C1=C(C(F)(F)F)C2C=CC1O2. The Hall–Kier alpha value is -4.35. The van der Waals surface area contributed by atoms with Crippen LogP contribution in [0.5, 0.6) is 0 Å². The number of halogens is 6. The van der Waals surface area contributed by atoms with E-state index < -0.39 is 53.2 Å². The van der Waals surface area contributed by atoms with Crippen molar-refractivity contribution in [1.82, 2.24) is 21.3 Å². The Bertz CT molecular complexity index is 2010. The zero-order valence-electron chi connectivity index (χ0n) is 40.3. The molecule has 6 rings (SSSR count). The second-order valence-corrected chi connectivity index (χ2v) is 19.2. The molecule has 4 N–H and O–H groups in total. The fourth-order valence-electron chi connectivity index (χ4n) is 8.55. The number of carbonyl (C=O) groups excluding carboxylic acids is 5. The molecule has 5 aliphatic heterocycles. The maximum atomic E-state index is 13.5. The number of thioether (sulfide) groups is 1. The van der Waals surface area contributed by atoms with Gasteiger partial charge in [0.2, 0.25) is 23.3 Å². The van der Waals surface area contributed by atoms with Crippen molar-refractivity contribution in [2.75, 3.05) is 58.7 Å². The summed E-state index contributed by atoms with van der Waals surface area (Å²) < 4.78 is 107. The number of amides is 4. The topological polar surface area (TPSA) is 192 Å². The molecule has 0 aromatic heterocycles. The Balaban J connectivity index is 0.00000305. The van der Waals surface area contributed by atoms with E-state index in [0.717, 1.165) is 24.8 Å². The summed E-state index contributed by atoms with van der Waals surface area (Å²) >= 11 is 1.87. The van der Waals surface area contributed by atoms with Crippen molar-refractivity contribution in [1.29, 1.82) is 0 Å². The van der Waals surface area contributed by atoms with Gasteiger partial charge < -0.3 is 45.0 Å². The van der Waals surface area contributed by atoms with Gasteiger partial charge in [-0.15, -0.1) is 0 Å². The first kappa shape index (κ1) is 57.5. The molecule has 4 amide bonds. The Morgan fingerprint density at radius 1 is 0.831 bits per heavy atom. The zero-order chi connectivity index (χ0) is 51.4. The lowest BCUT2D eigenvalue weighted by Gasteiger charge is -2.19. The fourth-order valence-corrected chi connectivity index (χ4v) is 10.2. The smallest absolute Gasteiger partial charge is 0.379 e. The molecule has 0 radical (unpaired) electrons. The van der Waals surface area contributed by atoms with Crippen LogP contribution in [-0.2, 0) is 59.8 Å². The summed E-state index contributed by atoms with van der Waals surface area (Å²) in [6.07, 6.45) is -1.42. The highest BCUT2D eigenvalue weighted by molar-refractivity contribution is 8.00. The van der Waals surface area contributed by atoms with Gasteiger partial charge in [0.05, 0.1) is 56.6 Å². The molecule has 1 aromatic carbocycles. The summed E-state index contributed by atoms with van der Waals surface area (Å²) in [6, 6.07) is 5.25. The molecule has 15 nitrogen and oxygen atoms in total. The lowest BCUT2D eigenvalue weighted by molar-refractivity contribution is -0.156. The number of carbonyl (C=O) groups is 5. The van der Waals surface area contributed by atoms with Crippen LogP contribution in [0.2, 0.25) is 0 Å². The van der Waals surface area contributed by atoms with Crippen LogP contribution in [0.15, 0.2) is 52.6 Å². The van der Waals surface area contributed by atoms with Crippen LogP contribution >= 0.6 is 11.8 Å². The first-order valence-electron chi connectivity index (χ1n) is 24.4. The molecule has 22 heteroatoms. The molecule has 7 atom stereocenters. The molecule has 5 aliphatic rings. The van der Waals surface area contributed by atoms with E-state index in [0.29, 0.717) is 61.8 Å². The summed E-state index contributed by atoms with van der Waals surface area (Å²) in [5.41, 5.74) is -2.97. The lowest BCUT2D eigenvalue weighted by atomic mass is 9.96. The number of hydrogen-bond donors (Lipinski definition) is 4. The second-order valence-electron chi connectivity index (χ2n) is 17.9. The van der Waals surface area contributed by atoms with E-state index in [4.69, 9.17) is 23.7 Å². The third-order valence-electron chi connectivity index (χ3n) is 12.2. The number of Topliss-reactive ketones (excluding diaryl/α,β-unsaturated/α-hetero) is 1. The Labute approximate surface area is 414 Å². The molecule has 71 heavy (non-hydrogen) atoms. The highest BCUT2D eigenvalue weighted by Crippen LogP contribution is 2.48. The summed E-state index contributed by atoms with van der Waals surface area (Å²) in [5.74, 6) is -0.0608. The van der Waals surface area contributed by atoms with Gasteiger partial charge >= 0.3 is 12.4 Å². The van der Waals surface area contributed by atoms with Crippen LogP contribution in [0.4, 0.5) is 26.3 Å². The van der Waals surface area contributed by atoms with Crippen LogP contribution < -0.4 is 21.3 Å². The number of nitrogens with zero attached hydrogens (tertiary/aromatic N) is 1. The van der Waals surface area contributed by atoms with E-state index in [9.17, 15) is 50.3 Å². The van der Waals surface area contributed by atoms with Gasteiger partial charge in [-0.3, -0.25) is 29.0 Å². The van der Waals surface area contributed by atoms with Crippen LogP contribution in [0.1, 0.15) is 102 Å². The van der Waals surface area contributed by atoms with Crippen LogP contribution in [-0.4, -0.2) is 136 Å². The summed E-state index contributed by atoms with van der Waals surface area (Å²) in [6.45, 7) is 5.24. The van der Waals surface area contributed by atoms with Crippen molar-refractivity contribution in [3.63, 3.8) is 0 Å². The number of aliphatic imine (C=N–C) groups is 1. The number of ketones is 1. The minimum Gasteiger partial charge on any atom is -0.379 e. The zero-order valence-corrected chi connectivity index (χ0v) is 41.1. The summed E-state index contributed by atoms with van der Waals surface area (Å²) in [7, 11) is 0. The standard InChI is InChI=1S/C46H59F6N5O10S.C3H8/c47-45(48,49)41-35-15-14-34(67-35)40(41)43(62)54-18-21-64-23-22-63-19-5-7-33(58)32(56-38(60)9-2-1-8-36-42-30(26-68-36)24-39(61)57-42)6-3-4-17-53-37(59)16-20-65-28-66-25-29-10-12-31(13-11-29)44(27-55-44)46(50,51)52;1-3-2/h10-15,27,30,32,34-36,42H,1-9,16-26,28H2,(H,53,59)(H,54,62)(H,56,60)(H,57,61);3H2,1-2H3/t30-,32-,34?,35?,36-,42-,44?;/m0./s1. The molecule has 1 aromatic rings. The van der Waals surface area contributed by atoms with Crippen molar-refractivity contribution in [2.45, 2.75) is 145 Å². The first-order valence-corrected chi connectivity index (χ1v) is 25.5. The largest absolute Gasteiger partial charge is 0.422 e. The third-order valence-corrected chi connectivity index (χ3v) is 13.8. The number of unbranched alkanes of at least 4 members (excludes halogenated alkanes) is 2. The number of ether oxygens (including phenoxy) is 5. The van der Waals surface area contributed by atoms with E-state index in [1.807, 2.05) is 11.8 Å². The molecule has 396 valence electrons. The van der Waals surface area contributed by atoms with Crippen molar-refractivity contribution in [3.8, 4) is 0 Å². The van der Waals surface area contributed by atoms with Crippen molar-refractivity contribution in [2.24, 2.45) is 10.9 Å². The van der Waals surface area contributed by atoms with Gasteiger partial charge in [0.15, 0.2) is 5.78 Å². The maximum Gasteiger partial charge on any atom is 0.422 e. The molecule has 2 bridgehead atoms. The van der Waals surface area contributed by atoms with Crippen LogP contribution in [0.3, 0.4) is 0 Å². The van der Waals surface area contributed by atoms with Gasteiger partial charge in [0, 0.05) is 56.5 Å². The number of nitrogens with one attached hydrogen (secondary N) is 4. The van der Waals surface area contributed by atoms with E-state index in [1.165, 1.54) is 42.8 Å². The van der Waals surface area contributed by atoms with Gasteiger partial charge in [0.1, 0.15) is 19.0 Å². The normalized spacial score (nSPS) is 23.3. The number of fused-ring (bicyclic) bond motifs is 3. The number of alkyl halides is 6. The number of hydrogen-bond acceptors (Lipinski definition) is 12. The van der Waals surface area contributed by atoms with Crippen LogP contribution in [0, 0.1) is 5.92 Å². The molecule has 2 fully saturated rings. The molecule has 2 saturated heterocycles. The number of rotatable bonds is 31. The highest BCUT2D eigenvalue weighted by atomic mass is 32.2. The van der Waals surface area contributed by atoms with Crippen molar-refractivity contribution < 1.29 is 74.0 Å². The van der Waals surface area contributed by atoms with Crippen molar-refractivity contribution >= 4 is 47.4 Å². The Morgan fingerprint density at radius 3 is 2.25 bits per heavy atom. The average Bonchev–Trinajstić information content (AvgIpc) is 3.52. The quantitative estimate of drug-likeness (QED) is 0.0276. The van der Waals surface area contributed by atoms with Gasteiger partial charge in [0.25, 0.3) is 5.91 Å². The van der Waals surface area contributed by atoms with Gasteiger partial charge in [-0.2, -0.15) is 38.1 Å². The van der Waals surface area contributed by atoms with E-state index >= 15 is 0 Å². The lowest BCUT2D eigenvalue weighted by Crippen LogP contribution is -2.41. The average molecular weight is 1030 g/mol. The monoisotopic (exact) mass is 1030 g/mol. The summed E-state index contributed by atoms with van der Waals surface area (Å²) in [5, 5.41) is 11.6. The second kappa shape index (κ2) is 28.2.